The molecule has 0 aromatic carbocycles. The van der Waals surface area contributed by atoms with Crippen molar-refractivity contribution in [3.05, 3.63) is 33.3 Å². The van der Waals surface area contributed by atoms with Gasteiger partial charge in [0.15, 0.2) is 5.82 Å². The van der Waals surface area contributed by atoms with E-state index in [0.717, 1.165) is 4.68 Å². The van der Waals surface area contributed by atoms with Crippen LogP contribution in [0.2, 0.25) is 5.02 Å². The number of hydrogen-bond acceptors (Lipinski definition) is 6. The molecule has 2 rings (SSSR count). The summed E-state index contributed by atoms with van der Waals surface area (Å²) in [5.41, 5.74) is -0.204. The van der Waals surface area contributed by atoms with Gasteiger partial charge in [-0.2, -0.15) is 10.1 Å². The van der Waals surface area contributed by atoms with Crippen LogP contribution in [0.25, 0.3) is 0 Å². The van der Waals surface area contributed by atoms with Gasteiger partial charge in [-0.05, 0) is 6.92 Å². The predicted molar refractivity (Wildman–Crippen MR) is 68.7 cm³/mol. The summed E-state index contributed by atoms with van der Waals surface area (Å²) in [4.78, 5) is 16.0. The number of nitrogens with zero attached hydrogens (tertiary/aromatic N) is 4. The molecule has 0 aliphatic rings. The van der Waals surface area contributed by atoms with Crippen LogP contribution in [0.1, 0.15) is 11.7 Å². The van der Waals surface area contributed by atoms with Crippen LogP contribution in [0.15, 0.2) is 15.5 Å². The van der Waals surface area contributed by atoms with Gasteiger partial charge < -0.3 is 9.84 Å². The van der Waals surface area contributed by atoms with Crippen LogP contribution in [0.3, 0.4) is 0 Å². The van der Waals surface area contributed by atoms with E-state index >= 15 is 0 Å². The minimum atomic E-state index is -0.401. The molecule has 0 atom stereocenters. The molecule has 0 radical (unpaired) electrons. The van der Waals surface area contributed by atoms with Gasteiger partial charge in [0, 0.05) is 0 Å². The second-order valence-corrected chi connectivity index (χ2v) is 4.03. The van der Waals surface area contributed by atoms with Crippen LogP contribution < -0.4 is 10.9 Å². The first-order valence-electron chi connectivity index (χ1n) is 5.34. The Hall–Kier alpha value is -2.33. The van der Waals surface area contributed by atoms with E-state index in [1.807, 2.05) is 0 Å². The molecule has 0 unspecified atom stereocenters. The van der Waals surface area contributed by atoms with Crippen LogP contribution in [0.5, 0.6) is 0 Å². The monoisotopic (exact) mass is 279 g/mol. The third-order valence-electron chi connectivity index (χ3n) is 2.22. The lowest BCUT2D eigenvalue weighted by Crippen LogP contribution is -2.25. The van der Waals surface area contributed by atoms with Crippen molar-refractivity contribution in [1.29, 1.82) is 0 Å². The fourth-order valence-electron chi connectivity index (χ4n) is 1.40. The zero-order valence-corrected chi connectivity index (χ0v) is 10.8. The van der Waals surface area contributed by atoms with Crippen LogP contribution in [-0.4, -0.2) is 19.9 Å². The Morgan fingerprint density at radius 2 is 2.42 bits per heavy atom. The molecule has 0 aliphatic heterocycles. The molecule has 2 aromatic rings. The Labute approximate surface area is 113 Å². The van der Waals surface area contributed by atoms with Gasteiger partial charge in [0.05, 0.1) is 17.8 Å². The van der Waals surface area contributed by atoms with Crippen molar-refractivity contribution >= 4 is 17.3 Å². The van der Waals surface area contributed by atoms with Gasteiger partial charge in [0.25, 0.3) is 5.56 Å². The molecule has 8 heteroatoms. The first-order chi connectivity index (χ1) is 9.11. The molecule has 0 saturated carbocycles. The highest BCUT2D eigenvalue weighted by molar-refractivity contribution is 6.32. The Morgan fingerprint density at radius 3 is 3.05 bits per heavy atom. The molecule has 0 amide bonds. The summed E-state index contributed by atoms with van der Waals surface area (Å²) in [6.07, 6.45) is 6.50. The Kier molecular flexibility index (Phi) is 3.82. The fraction of sp³-hybridized carbons (Fsp3) is 0.273. The molecule has 19 heavy (non-hydrogen) atoms. The van der Waals surface area contributed by atoms with Crippen molar-refractivity contribution in [2.75, 3.05) is 5.32 Å². The van der Waals surface area contributed by atoms with Gasteiger partial charge in [-0.25, -0.2) is 4.68 Å². The number of rotatable bonds is 4. The zero-order chi connectivity index (χ0) is 13.8. The average Bonchev–Trinajstić information content (AvgIpc) is 2.79. The van der Waals surface area contributed by atoms with E-state index in [9.17, 15) is 4.79 Å². The third-order valence-corrected chi connectivity index (χ3v) is 2.51. The summed E-state index contributed by atoms with van der Waals surface area (Å²) in [6.45, 7) is 1.96. The van der Waals surface area contributed by atoms with Crippen LogP contribution in [0.4, 0.5) is 5.69 Å². The number of anilines is 1. The Bertz CT molecular complexity index is 685. The van der Waals surface area contributed by atoms with Gasteiger partial charge in [0.1, 0.15) is 12.2 Å². The number of aromatic nitrogens is 4. The molecule has 0 spiro atoms. The van der Waals surface area contributed by atoms with E-state index in [1.165, 1.54) is 6.20 Å². The normalized spacial score (nSPS) is 10.2. The highest BCUT2D eigenvalue weighted by Crippen LogP contribution is 2.15. The molecule has 2 aromatic heterocycles. The zero-order valence-electron chi connectivity index (χ0n) is 10.1. The standard InChI is InChI=1S/C11H10ClN5O2/c1-3-4-17-11(18)10(8(12)5-14-17)13-6-9-15-7(2)16-19-9/h1,5,13H,4,6H2,2H3. The van der Waals surface area contributed by atoms with E-state index in [1.54, 1.807) is 6.92 Å². The van der Waals surface area contributed by atoms with Crippen LogP contribution in [-0.2, 0) is 13.1 Å². The Balaban J connectivity index is 2.22. The predicted octanol–water partition coefficient (Wildman–Crippen LogP) is 0.833. The van der Waals surface area contributed by atoms with Gasteiger partial charge >= 0.3 is 0 Å². The highest BCUT2D eigenvalue weighted by Gasteiger charge is 2.11. The lowest BCUT2D eigenvalue weighted by Gasteiger charge is -2.07. The summed E-state index contributed by atoms with van der Waals surface area (Å²) in [7, 11) is 0. The molecule has 0 bridgehead atoms. The summed E-state index contributed by atoms with van der Waals surface area (Å²) in [5.74, 6) is 3.21. The van der Waals surface area contributed by atoms with E-state index in [0.29, 0.717) is 11.7 Å². The highest BCUT2D eigenvalue weighted by atomic mass is 35.5. The number of terminal acetylenes is 1. The van der Waals surface area contributed by atoms with Gasteiger partial charge in [0.2, 0.25) is 5.89 Å². The first-order valence-corrected chi connectivity index (χ1v) is 5.71. The van der Waals surface area contributed by atoms with Crippen molar-refractivity contribution in [1.82, 2.24) is 19.9 Å². The smallest absolute Gasteiger partial charge is 0.292 e. The lowest BCUT2D eigenvalue weighted by atomic mass is 10.4. The average molecular weight is 280 g/mol. The summed E-state index contributed by atoms with van der Waals surface area (Å²) in [6, 6.07) is 0. The lowest BCUT2D eigenvalue weighted by molar-refractivity contribution is 0.379. The van der Waals surface area contributed by atoms with Crippen molar-refractivity contribution in [2.24, 2.45) is 0 Å². The fourth-order valence-corrected chi connectivity index (χ4v) is 1.59. The topological polar surface area (TPSA) is 85.8 Å². The van der Waals surface area contributed by atoms with E-state index in [-0.39, 0.29) is 23.8 Å². The first kappa shape index (κ1) is 13.1. The SMILES string of the molecule is C#CCn1ncc(Cl)c(NCc2nc(C)no2)c1=O. The maximum atomic E-state index is 12.0. The van der Waals surface area contributed by atoms with E-state index in [2.05, 4.69) is 26.5 Å². The summed E-state index contributed by atoms with van der Waals surface area (Å²) in [5, 5.41) is 10.5. The number of nitrogens with one attached hydrogen (secondary N) is 1. The third kappa shape index (κ3) is 2.92. The van der Waals surface area contributed by atoms with Crippen LogP contribution in [0, 0.1) is 19.3 Å². The quantitative estimate of drug-likeness (QED) is 0.835. The van der Waals surface area contributed by atoms with Crippen molar-refractivity contribution in [2.45, 2.75) is 20.0 Å². The second-order valence-electron chi connectivity index (χ2n) is 3.62. The number of aryl methyl sites for hydroxylation is 1. The van der Waals surface area contributed by atoms with Crippen molar-refractivity contribution < 1.29 is 4.52 Å². The maximum absolute atomic E-state index is 12.0. The molecular weight excluding hydrogens is 270 g/mol. The summed E-state index contributed by atoms with van der Waals surface area (Å²) >= 11 is 5.92. The molecule has 0 saturated heterocycles. The van der Waals surface area contributed by atoms with Crippen molar-refractivity contribution in [3.63, 3.8) is 0 Å². The second kappa shape index (κ2) is 5.54. The molecule has 0 fully saturated rings. The van der Waals surface area contributed by atoms with Gasteiger partial charge in [-0.1, -0.05) is 22.7 Å². The number of hydrogen-bond donors (Lipinski definition) is 1. The van der Waals surface area contributed by atoms with Gasteiger partial charge in [-0.3, -0.25) is 4.79 Å². The molecule has 0 aliphatic carbocycles. The van der Waals surface area contributed by atoms with Crippen molar-refractivity contribution in [3.8, 4) is 12.3 Å². The largest absolute Gasteiger partial charge is 0.370 e. The minimum Gasteiger partial charge on any atom is -0.370 e. The molecular formula is C11H10ClN5O2. The van der Waals surface area contributed by atoms with E-state index < -0.39 is 5.56 Å². The molecule has 98 valence electrons. The molecule has 2 heterocycles. The molecule has 1 N–H and O–H groups in total. The minimum absolute atomic E-state index is 0.0738. The van der Waals surface area contributed by atoms with Gasteiger partial charge in [-0.15, -0.1) is 6.42 Å². The summed E-state index contributed by atoms with van der Waals surface area (Å²) < 4.78 is 6.05. The van der Waals surface area contributed by atoms with E-state index in [4.69, 9.17) is 22.5 Å². The maximum Gasteiger partial charge on any atom is 0.292 e. The van der Waals surface area contributed by atoms with Crippen LogP contribution >= 0.6 is 11.6 Å². The number of halogens is 1. The molecule has 7 nitrogen and oxygen atoms in total. The Morgan fingerprint density at radius 1 is 1.63 bits per heavy atom.